The van der Waals surface area contributed by atoms with Gasteiger partial charge in [-0.3, -0.25) is 0 Å². The molecule has 2 rings (SSSR count). The van der Waals surface area contributed by atoms with Crippen LogP contribution < -0.4 is 9.32 Å². The van der Waals surface area contributed by atoms with Gasteiger partial charge in [-0.25, -0.2) is 5.14 Å². The van der Waals surface area contributed by atoms with Crippen molar-refractivity contribution in [1.29, 1.82) is 0 Å². The molecular formula is C28H45NO4S. The number of nitrogens with two attached hydrogens (primary N) is 1. The van der Waals surface area contributed by atoms with Crippen molar-refractivity contribution in [3.63, 3.8) is 0 Å². The van der Waals surface area contributed by atoms with Crippen LogP contribution in [0.5, 0.6) is 5.75 Å². The molecule has 0 fully saturated rings. The van der Waals surface area contributed by atoms with Gasteiger partial charge in [-0.15, -0.1) is 0 Å². The zero-order valence-electron chi connectivity index (χ0n) is 22.6. The molecule has 0 radical (unpaired) electrons. The summed E-state index contributed by atoms with van der Waals surface area (Å²) in [5, 5.41) is 14.7. The van der Waals surface area contributed by atoms with E-state index in [1.165, 1.54) is 22.3 Å². The van der Waals surface area contributed by atoms with E-state index in [0.717, 1.165) is 5.56 Å². The Balaban J connectivity index is 0.000000597. The van der Waals surface area contributed by atoms with Gasteiger partial charge in [-0.1, -0.05) is 85.7 Å². The summed E-state index contributed by atoms with van der Waals surface area (Å²) < 4.78 is 16.0. The molecule has 192 valence electrons. The molecule has 3 N–H and O–H groups in total. The zero-order valence-corrected chi connectivity index (χ0v) is 23.5. The summed E-state index contributed by atoms with van der Waals surface area (Å²) in [5.41, 5.74) is 7.51. The summed E-state index contributed by atoms with van der Waals surface area (Å²) in [6.45, 7) is 23.6. The van der Waals surface area contributed by atoms with Gasteiger partial charge >= 0.3 is 0 Å². The van der Waals surface area contributed by atoms with Crippen molar-refractivity contribution in [2.24, 2.45) is 5.14 Å². The van der Waals surface area contributed by atoms with Gasteiger partial charge in [-0.2, -0.15) is 4.21 Å². The second-order valence-electron chi connectivity index (χ2n) is 9.73. The molecule has 5 nitrogen and oxygen atoms in total. The van der Waals surface area contributed by atoms with E-state index in [-0.39, 0.29) is 5.92 Å². The number of carbonyl (C=O) groups excluding carboxylic acids is 1. The number of para-hydroxylation sites is 1. The van der Waals surface area contributed by atoms with E-state index in [1.807, 2.05) is 32.8 Å². The van der Waals surface area contributed by atoms with Crippen molar-refractivity contribution in [1.82, 2.24) is 0 Å². The molecule has 2 atom stereocenters. The highest BCUT2D eigenvalue weighted by Crippen LogP contribution is 2.34. The monoisotopic (exact) mass is 491 g/mol. The first kappa shape index (κ1) is 32.0. The zero-order chi connectivity index (χ0) is 26.7. The molecule has 0 aliphatic carbocycles. The summed E-state index contributed by atoms with van der Waals surface area (Å²) >= 11 is -1.88. The van der Waals surface area contributed by atoms with E-state index < -0.39 is 17.4 Å². The molecule has 0 amide bonds. The molecule has 0 aliphatic rings. The number of aliphatic hydroxyl groups is 1. The van der Waals surface area contributed by atoms with Crippen molar-refractivity contribution >= 4 is 18.1 Å². The van der Waals surface area contributed by atoms with E-state index in [1.54, 1.807) is 13.0 Å². The van der Waals surface area contributed by atoms with E-state index in [9.17, 15) is 9.32 Å². The third-order valence-electron chi connectivity index (χ3n) is 5.73. The van der Waals surface area contributed by atoms with Crippen molar-refractivity contribution < 1.29 is 18.3 Å². The van der Waals surface area contributed by atoms with Gasteiger partial charge in [0.15, 0.2) is 5.75 Å². The first-order valence-electron chi connectivity index (χ1n) is 11.9. The Bertz CT molecular complexity index is 865. The highest BCUT2D eigenvalue weighted by Gasteiger charge is 2.17. The Morgan fingerprint density at radius 3 is 1.53 bits per heavy atom. The summed E-state index contributed by atoms with van der Waals surface area (Å²) in [4.78, 5) is 8.00. The van der Waals surface area contributed by atoms with E-state index in [2.05, 4.69) is 60.6 Å². The predicted octanol–water partition coefficient (Wildman–Crippen LogP) is 6.96. The summed E-state index contributed by atoms with van der Waals surface area (Å²) in [6, 6.07) is 10.2. The third-order valence-corrected chi connectivity index (χ3v) is 6.07. The van der Waals surface area contributed by atoms with Crippen LogP contribution in [0.4, 0.5) is 0 Å². The minimum absolute atomic E-state index is 0.206. The smallest absolute Gasteiger partial charge is 0.285 e. The van der Waals surface area contributed by atoms with Crippen molar-refractivity contribution in [2.45, 2.75) is 99.0 Å². The van der Waals surface area contributed by atoms with Crippen molar-refractivity contribution in [3.8, 4) is 5.75 Å². The van der Waals surface area contributed by atoms with Gasteiger partial charge < -0.3 is 14.1 Å². The molecule has 0 aromatic heterocycles. The van der Waals surface area contributed by atoms with Crippen LogP contribution in [0.1, 0.15) is 125 Å². The van der Waals surface area contributed by atoms with Crippen LogP contribution in [0.25, 0.3) is 0 Å². The maximum atomic E-state index is 10.9. The maximum Gasteiger partial charge on any atom is 0.285 e. The lowest BCUT2D eigenvalue weighted by Crippen LogP contribution is -2.13. The molecule has 0 heterocycles. The van der Waals surface area contributed by atoms with Gasteiger partial charge in [0.05, 0.1) is 6.10 Å². The lowest BCUT2D eigenvalue weighted by Gasteiger charge is -2.20. The van der Waals surface area contributed by atoms with Crippen molar-refractivity contribution in [2.75, 3.05) is 0 Å². The molecule has 0 saturated heterocycles. The molecule has 0 bridgehead atoms. The van der Waals surface area contributed by atoms with Gasteiger partial charge in [-0.05, 0) is 65.3 Å². The van der Waals surface area contributed by atoms with Gasteiger partial charge in [0.1, 0.15) is 6.79 Å². The second-order valence-corrected chi connectivity index (χ2v) is 10.4. The van der Waals surface area contributed by atoms with Crippen LogP contribution in [0, 0.1) is 6.92 Å². The summed E-state index contributed by atoms with van der Waals surface area (Å²) in [7, 11) is 0. The Kier molecular flexibility index (Phi) is 14.2. The lowest BCUT2D eigenvalue weighted by atomic mass is 9.85. The summed E-state index contributed by atoms with van der Waals surface area (Å²) in [5.74, 6) is 2.49. The van der Waals surface area contributed by atoms with Gasteiger partial charge in [0.2, 0.25) is 0 Å². The number of aliphatic hydroxyl groups excluding tert-OH is 1. The quantitative estimate of drug-likeness (QED) is 0.438. The molecule has 2 unspecified atom stereocenters. The average Bonchev–Trinajstić information content (AvgIpc) is 2.74. The highest BCUT2D eigenvalue weighted by molar-refractivity contribution is 7.78. The molecule has 6 heteroatoms. The van der Waals surface area contributed by atoms with Gasteiger partial charge in [0.25, 0.3) is 11.3 Å². The van der Waals surface area contributed by atoms with E-state index >= 15 is 0 Å². The molecule has 0 saturated carbocycles. The first-order chi connectivity index (χ1) is 15.8. The van der Waals surface area contributed by atoms with Crippen LogP contribution in [0.15, 0.2) is 30.3 Å². The Morgan fingerprint density at radius 1 is 0.794 bits per heavy atom. The Labute approximate surface area is 209 Å². The Hall–Kier alpha value is -2.02. The predicted molar refractivity (Wildman–Crippen MR) is 145 cm³/mol. The third kappa shape index (κ3) is 9.32. The number of carbonyl (C=O) groups is 1. The molecule has 34 heavy (non-hydrogen) atoms. The molecule has 2 aromatic carbocycles. The first-order valence-corrected chi connectivity index (χ1v) is 13.0. The van der Waals surface area contributed by atoms with Crippen LogP contribution in [0.3, 0.4) is 0 Å². The molecular weight excluding hydrogens is 446 g/mol. The number of benzene rings is 2. The summed E-state index contributed by atoms with van der Waals surface area (Å²) in [6.07, 6.45) is -0.683. The van der Waals surface area contributed by atoms with Crippen LogP contribution in [0.2, 0.25) is 0 Å². The minimum Gasteiger partial charge on any atom is -0.389 e. The standard InChI is InChI=1S/C16H26.C11H17NO3S.CH2O/c1-10(2)14-8-15(11(3)4)13(7)16(9-14)12(5)6;1-7(2)9-5-4-6-10(8(3)13)11(9)15-16(12)14;1-2/h8-12H,1-7H3;4-8,13H,12H2,1-3H3;1H2. The van der Waals surface area contributed by atoms with Crippen molar-refractivity contribution in [3.05, 3.63) is 63.7 Å². The fraction of sp³-hybridized carbons (Fsp3) is 0.536. The molecule has 2 aromatic rings. The Morgan fingerprint density at radius 2 is 1.21 bits per heavy atom. The minimum atomic E-state index is -1.88. The topological polar surface area (TPSA) is 89.6 Å². The fourth-order valence-corrected chi connectivity index (χ4v) is 4.21. The largest absolute Gasteiger partial charge is 0.389 e. The van der Waals surface area contributed by atoms with Crippen LogP contribution >= 0.6 is 0 Å². The number of rotatable bonds is 7. The maximum absolute atomic E-state index is 10.9. The fourth-order valence-electron chi connectivity index (χ4n) is 3.85. The molecule has 0 spiro atoms. The van der Waals surface area contributed by atoms with E-state index in [4.69, 9.17) is 14.1 Å². The second kappa shape index (κ2) is 15.1. The van der Waals surface area contributed by atoms with Crippen LogP contribution in [-0.4, -0.2) is 16.1 Å². The number of hydrogen-bond donors (Lipinski definition) is 2. The lowest BCUT2D eigenvalue weighted by molar-refractivity contribution is -0.0980. The number of hydrogen-bond acceptors (Lipinski definition) is 4. The normalized spacial score (nSPS) is 12.7. The SMILES string of the molecule is C=O.CC(C)c1cccc(C(C)O)c1OS(N)=O.Cc1c(C(C)C)cc(C(C)C)cc1C(C)C. The van der Waals surface area contributed by atoms with Gasteiger partial charge in [0, 0.05) is 5.56 Å². The van der Waals surface area contributed by atoms with E-state index in [0.29, 0.717) is 29.1 Å². The average molecular weight is 492 g/mol. The van der Waals surface area contributed by atoms with Crippen LogP contribution in [-0.2, 0) is 16.1 Å². The highest BCUT2D eigenvalue weighted by atomic mass is 32.2. The molecule has 0 aliphatic heterocycles.